The van der Waals surface area contributed by atoms with Gasteiger partial charge in [0, 0.05) is 37.9 Å². The number of anilines is 1. The molecule has 28 heavy (non-hydrogen) atoms. The Kier molecular flexibility index (Phi) is 5.52. The second-order valence-corrected chi connectivity index (χ2v) is 7.46. The molecule has 6 nitrogen and oxygen atoms in total. The van der Waals surface area contributed by atoms with Gasteiger partial charge in [0.1, 0.15) is 11.9 Å². The van der Waals surface area contributed by atoms with E-state index < -0.39 is 0 Å². The number of nitrogens with zero attached hydrogens (tertiary/aromatic N) is 4. The molecule has 148 valence electrons. The van der Waals surface area contributed by atoms with Crippen LogP contribution in [0.15, 0.2) is 36.7 Å². The number of rotatable bonds is 3. The first-order chi connectivity index (χ1) is 13.6. The Bertz CT molecular complexity index is 824. The van der Waals surface area contributed by atoms with Crippen LogP contribution < -0.4 is 4.90 Å². The Labute approximate surface area is 164 Å². The summed E-state index contributed by atoms with van der Waals surface area (Å²) in [5.41, 5.74) is 1.52. The number of carbonyl (C=O) groups is 1. The molecule has 0 N–H and O–H groups in total. The van der Waals surface area contributed by atoms with Crippen molar-refractivity contribution >= 4 is 11.9 Å². The lowest BCUT2D eigenvalue weighted by Crippen LogP contribution is -2.47. The van der Waals surface area contributed by atoms with Crippen LogP contribution in [0.3, 0.4) is 0 Å². The lowest BCUT2D eigenvalue weighted by atomic mass is 9.94. The van der Waals surface area contributed by atoms with E-state index in [4.69, 9.17) is 4.74 Å². The van der Waals surface area contributed by atoms with E-state index in [2.05, 4.69) is 14.9 Å². The van der Waals surface area contributed by atoms with Gasteiger partial charge < -0.3 is 14.5 Å². The molecule has 0 radical (unpaired) electrons. The fourth-order valence-electron chi connectivity index (χ4n) is 3.96. The minimum atomic E-state index is -0.221. The van der Waals surface area contributed by atoms with Crippen molar-refractivity contribution in [2.24, 2.45) is 5.92 Å². The van der Waals surface area contributed by atoms with E-state index in [1.807, 2.05) is 11.0 Å². The SMILES string of the molecule is Cc1cc([C@@H]2CN(C(=O)C3CCN(c4ncccn4)CC3)CCO2)ccc1F. The molecule has 2 saturated heterocycles. The summed E-state index contributed by atoms with van der Waals surface area (Å²) in [6, 6.07) is 6.83. The first-order valence-corrected chi connectivity index (χ1v) is 9.80. The molecular formula is C21H25FN4O2. The molecule has 7 heteroatoms. The Morgan fingerprint density at radius 1 is 1.18 bits per heavy atom. The second-order valence-electron chi connectivity index (χ2n) is 7.46. The van der Waals surface area contributed by atoms with Crippen LogP contribution in [0.1, 0.15) is 30.1 Å². The van der Waals surface area contributed by atoms with Crippen LogP contribution in [0, 0.1) is 18.7 Å². The van der Waals surface area contributed by atoms with E-state index in [0.29, 0.717) is 25.3 Å². The molecule has 0 spiro atoms. The van der Waals surface area contributed by atoms with Crippen LogP contribution in [-0.4, -0.2) is 53.6 Å². The summed E-state index contributed by atoms with van der Waals surface area (Å²) >= 11 is 0. The molecule has 2 aliphatic heterocycles. The number of piperidine rings is 1. The lowest BCUT2D eigenvalue weighted by molar-refractivity contribution is -0.144. The van der Waals surface area contributed by atoms with Gasteiger partial charge in [-0.2, -0.15) is 0 Å². The van der Waals surface area contributed by atoms with E-state index in [1.54, 1.807) is 31.5 Å². The number of amides is 1. The van der Waals surface area contributed by atoms with Crippen molar-refractivity contribution in [1.29, 1.82) is 0 Å². The van der Waals surface area contributed by atoms with Gasteiger partial charge >= 0.3 is 0 Å². The van der Waals surface area contributed by atoms with Crippen LogP contribution in [0.4, 0.5) is 10.3 Å². The summed E-state index contributed by atoms with van der Waals surface area (Å²) in [6.07, 6.45) is 4.88. The highest BCUT2D eigenvalue weighted by Crippen LogP contribution is 2.27. The molecule has 2 fully saturated rings. The summed E-state index contributed by atoms with van der Waals surface area (Å²) in [5, 5.41) is 0. The Balaban J connectivity index is 1.36. The average Bonchev–Trinajstić information content (AvgIpc) is 2.76. The zero-order valence-electron chi connectivity index (χ0n) is 16.1. The van der Waals surface area contributed by atoms with Crippen LogP contribution in [0.25, 0.3) is 0 Å². The summed E-state index contributed by atoms with van der Waals surface area (Å²) in [7, 11) is 0. The highest BCUT2D eigenvalue weighted by atomic mass is 19.1. The molecule has 1 aromatic heterocycles. The van der Waals surface area contributed by atoms with Gasteiger partial charge in [0.15, 0.2) is 0 Å². The number of benzene rings is 1. The van der Waals surface area contributed by atoms with Crippen LogP contribution in [0.2, 0.25) is 0 Å². The summed E-state index contributed by atoms with van der Waals surface area (Å²) in [4.78, 5) is 25.7. The molecule has 0 saturated carbocycles. The highest BCUT2D eigenvalue weighted by Gasteiger charge is 2.32. The van der Waals surface area contributed by atoms with E-state index >= 15 is 0 Å². The van der Waals surface area contributed by atoms with Gasteiger partial charge in [-0.3, -0.25) is 4.79 Å². The van der Waals surface area contributed by atoms with E-state index in [1.165, 1.54) is 6.07 Å². The maximum Gasteiger partial charge on any atom is 0.225 e. The Hall–Kier alpha value is -2.54. The van der Waals surface area contributed by atoms with Gasteiger partial charge in [-0.15, -0.1) is 0 Å². The van der Waals surface area contributed by atoms with E-state index in [0.717, 1.165) is 37.4 Å². The zero-order chi connectivity index (χ0) is 19.5. The van der Waals surface area contributed by atoms with Crippen molar-refractivity contribution in [2.45, 2.75) is 25.9 Å². The molecule has 1 aromatic carbocycles. The van der Waals surface area contributed by atoms with Crippen molar-refractivity contribution in [3.63, 3.8) is 0 Å². The van der Waals surface area contributed by atoms with E-state index in [-0.39, 0.29) is 23.7 Å². The van der Waals surface area contributed by atoms with Crippen molar-refractivity contribution in [3.8, 4) is 0 Å². The number of aromatic nitrogens is 2. The smallest absolute Gasteiger partial charge is 0.225 e. The third kappa shape index (κ3) is 3.99. The van der Waals surface area contributed by atoms with Gasteiger partial charge in [0.05, 0.1) is 13.2 Å². The third-order valence-electron chi connectivity index (χ3n) is 5.61. The van der Waals surface area contributed by atoms with Crippen LogP contribution in [-0.2, 0) is 9.53 Å². The molecule has 0 bridgehead atoms. The summed E-state index contributed by atoms with van der Waals surface area (Å²) < 4.78 is 19.4. The topological polar surface area (TPSA) is 58.6 Å². The average molecular weight is 384 g/mol. The highest BCUT2D eigenvalue weighted by molar-refractivity contribution is 5.79. The minimum Gasteiger partial charge on any atom is -0.370 e. The van der Waals surface area contributed by atoms with Gasteiger partial charge in [-0.1, -0.05) is 12.1 Å². The van der Waals surface area contributed by atoms with E-state index in [9.17, 15) is 9.18 Å². The molecule has 2 aliphatic rings. The lowest BCUT2D eigenvalue weighted by Gasteiger charge is -2.38. The molecule has 3 heterocycles. The predicted octanol–water partition coefficient (Wildman–Crippen LogP) is 2.74. The first-order valence-electron chi connectivity index (χ1n) is 9.80. The fourth-order valence-corrected chi connectivity index (χ4v) is 3.96. The maximum absolute atomic E-state index is 13.5. The summed E-state index contributed by atoms with van der Waals surface area (Å²) in [5.74, 6) is 0.725. The van der Waals surface area contributed by atoms with Crippen LogP contribution >= 0.6 is 0 Å². The largest absolute Gasteiger partial charge is 0.370 e. The maximum atomic E-state index is 13.5. The van der Waals surface area contributed by atoms with Gasteiger partial charge in [0.2, 0.25) is 11.9 Å². The molecule has 0 aliphatic carbocycles. The standard InChI is InChI=1S/C21H25FN4O2/c1-15-13-17(3-4-18(15)22)19-14-26(11-12-28-19)20(27)16-5-9-25(10-6-16)21-23-7-2-8-24-21/h2-4,7-8,13,16,19H,5-6,9-12,14H2,1H3/t19-/m0/s1. The monoisotopic (exact) mass is 384 g/mol. The number of hydrogen-bond donors (Lipinski definition) is 0. The van der Waals surface area contributed by atoms with Crippen molar-refractivity contribution in [1.82, 2.24) is 14.9 Å². The molecule has 2 aromatic rings. The Morgan fingerprint density at radius 3 is 2.64 bits per heavy atom. The predicted molar refractivity (Wildman–Crippen MR) is 103 cm³/mol. The molecule has 1 amide bonds. The van der Waals surface area contributed by atoms with Gasteiger partial charge in [-0.05, 0) is 43.0 Å². The molecule has 4 rings (SSSR count). The quantitative estimate of drug-likeness (QED) is 0.814. The second kappa shape index (κ2) is 8.22. The first kappa shape index (κ1) is 18.8. The third-order valence-corrected chi connectivity index (χ3v) is 5.61. The number of ether oxygens (including phenoxy) is 1. The summed E-state index contributed by atoms with van der Waals surface area (Å²) in [6.45, 7) is 4.94. The number of morpholine rings is 1. The van der Waals surface area contributed by atoms with Crippen molar-refractivity contribution in [3.05, 3.63) is 53.6 Å². The van der Waals surface area contributed by atoms with Crippen LogP contribution in [0.5, 0.6) is 0 Å². The fraction of sp³-hybridized carbons (Fsp3) is 0.476. The minimum absolute atomic E-state index is 0.0219. The Morgan fingerprint density at radius 2 is 1.93 bits per heavy atom. The van der Waals surface area contributed by atoms with Gasteiger partial charge in [0.25, 0.3) is 0 Å². The number of aryl methyl sites for hydroxylation is 1. The number of halogens is 1. The van der Waals surface area contributed by atoms with Gasteiger partial charge in [-0.25, -0.2) is 14.4 Å². The molecule has 1 atom stereocenters. The molecule has 0 unspecified atom stereocenters. The zero-order valence-corrected chi connectivity index (χ0v) is 16.1. The normalized spacial score (nSPS) is 21.0. The number of carbonyl (C=O) groups excluding carboxylic acids is 1. The number of hydrogen-bond acceptors (Lipinski definition) is 5. The van der Waals surface area contributed by atoms with Crippen molar-refractivity contribution < 1.29 is 13.9 Å². The van der Waals surface area contributed by atoms with Crippen molar-refractivity contribution in [2.75, 3.05) is 37.7 Å². The molecular weight excluding hydrogens is 359 g/mol.